The SMILES string of the molecule is F/C(=C(/F)C(F)(F)C(F)(F)C(F)(F)C(F)(F)F)c1c2ccc([nH]2)c(-c2ccccc2)c2nc(c(C(F)(F)C(F)(F)C(F)(F)C(F)(F)C(F)(F)C(F)(F)F)c3nc(c(-c4ccccc4)c4ccc1[nH]4)C=C3)C=C2. The number of alkyl halides is 22. The molecule has 2 N–H and O–H groups in total. The van der Waals surface area contributed by atoms with Crippen molar-refractivity contribution in [2.75, 3.05) is 0 Å². The highest BCUT2D eigenvalue weighted by atomic mass is 19.4. The number of H-pyrrole nitrogens is 2. The summed E-state index contributed by atoms with van der Waals surface area (Å²) in [6, 6.07) is 14.7. The Morgan fingerprint density at radius 2 is 0.694 bits per heavy atom. The summed E-state index contributed by atoms with van der Waals surface area (Å²) in [6.07, 6.45) is -13.5. The van der Waals surface area contributed by atoms with Crippen LogP contribution in [-0.4, -0.2) is 73.7 Å². The van der Waals surface area contributed by atoms with Crippen LogP contribution in [0.4, 0.5) is 105 Å². The third kappa shape index (κ3) is 7.76. The van der Waals surface area contributed by atoms with Crippen molar-refractivity contribution in [2.24, 2.45) is 0 Å². The molecular formula is C44H20F24N4. The third-order valence-electron chi connectivity index (χ3n) is 11.0. The van der Waals surface area contributed by atoms with Gasteiger partial charge < -0.3 is 9.97 Å². The zero-order valence-corrected chi connectivity index (χ0v) is 34.4. The van der Waals surface area contributed by atoms with Crippen LogP contribution in [0.15, 0.2) is 90.8 Å². The van der Waals surface area contributed by atoms with E-state index >= 15 is 43.9 Å². The Kier molecular flexibility index (Phi) is 12.4. The lowest BCUT2D eigenvalue weighted by molar-refractivity contribution is -0.441. The summed E-state index contributed by atoms with van der Waals surface area (Å²) in [5, 5.41) is 0. The first-order valence-electron chi connectivity index (χ1n) is 19.4. The topological polar surface area (TPSA) is 57.4 Å². The van der Waals surface area contributed by atoms with E-state index in [1.807, 2.05) is 0 Å². The molecule has 0 saturated carbocycles. The molecule has 0 atom stereocenters. The highest BCUT2D eigenvalue weighted by molar-refractivity contribution is 5.96. The van der Waals surface area contributed by atoms with E-state index in [-0.39, 0.29) is 23.3 Å². The predicted molar refractivity (Wildman–Crippen MR) is 209 cm³/mol. The van der Waals surface area contributed by atoms with Gasteiger partial charge in [0.1, 0.15) is 0 Å². The molecule has 0 unspecified atom stereocenters. The number of nitrogens with zero attached hydrogens (tertiary/aromatic N) is 2. The van der Waals surface area contributed by atoms with Crippen molar-refractivity contribution in [3.8, 4) is 22.3 Å². The van der Waals surface area contributed by atoms with E-state index in [0.29, 0.717) is 24.3 Å². The molecule has 5 heterocycles. The average Bonchev–Trinajstić information content (AvgIpc) is 4.14. The number of halogens is 24. The molecule has 7 rings (SSSR count). The fraction of sp³-hybridized carbons (Fsp3) is 0.227. The first-order chi connectivity index (χ1) is 32.9. The van der Waals surface area contributed by atoms with Gasteiger partial charge in [-0.2, -0.15) is 96.6 Å². The molecule has 2 aliphatic heterocycles. The molecule has 28 heteroatoms. The molecule has 0 spiro atoms. The summed E-state index contributed by atoms with van der Waals surface area (Å²) in [5.74, 6) is -69.8. The van der Waals surface area contributed by atoms with Crippen LogP contribution in [-0.2, 0) is 5.92 Å². The van der Waals surface area contributed by atoms with Crippen molar-refractivity contribution in [3.05, 3.63) is 125 Å². The molecule has 0 aliphatic carbocycles. The molecule has 0 fully saturated rings. The van der Waals surface area contributed by atoms with Crippen molar-refractivity contribution in [3.63, 3.8) is 0 Å². The van der Waals surface area contributed by atoms with E-state index in [4.69, 9.17) is 0 Å². The average molecular weight is 1060 g/mol. The smallest absolute Gasteiger partial charge is 0.354 e. The first-order valence-corrected chi connectivity index (χ1v) is 19.4. The van der Waals surface area contributed by atoms with Gasteiger partial charge >= 0.3 is 59.7 Å². The van der Waals surface area contributed by atoms with Gasteiger partial charge in [0.25, 0.3) is 0 Å². The molecule has 0 amide bonds. The first kappa shape index (κ1) is 52.9. The Morgan fingerprint density at radius 1 is 0.361 bits per heavy atom. The maximum atomic E-state index is 16.6. The molecule has 3 aromatic heterocycles. The lowest BCUT2D eigenvalue weighted by Crippen LogP contribution is -2.69. The van der Waals surface area contributed by atoms with Gasteiger partial charge in [0.05, 0.1) is 44.9 Å². The van der Waals surface area contributed by atoms with Gasteiger partial charge in [-0.25, -0.2) is 18.7 Å². The number of hydrogen-bond donors (Lipinski definition) is 2. The summed E-state index contributed by atoms with van der Waals surface area (Å²) in [4.78, 5) is 12.0. The number of fused-ring (bicyclic) bond motifs is 8. The second-order valence-corrected chi connectivity index (χ2v) is 15.5. The number of benzene rings is 2. The van der Waals surface area contributed by atoms with E-state index in [1.54, 1.807) is 0 Å². The Bertz CT molecular complexity index is 3060. The Hall–Kier alpha value is -6.90. The van der Waals surface area contributed by atoms with E-state index in [0.717, 1.165) is 36.4 Å². The Labute approximate surface area is 384 Å². The van der Waals surface area contributed by atoms with Crippen molar-refractivity contribution >= 4 is 52.2 Å². The number of nitrogens with one attached hydrogen (secondary N) is 2. The van der Waals surface area contributed by atoms with Crippen molar-refractivity contribution in [2.45, 2.75) is 59.7 Å². The van der Waals surface area contributed by atoms with E-state index in [9.17, 15) is 61.5 Å². The normalized spacial score (nSPS) is 15.1. The van der Waals surface area contributed by atoms with Crippen molar-refractivity contribution in [1.29, 1.82) is 0 Å². The van der Waals surface area contributed by atoms with Crippen LogP contribution in [0.25, 0.3) is 74.5 Å². The van der Waals surface area contributed by atoms with Crippen molar-refractivity contribution in [1.82, 2.24) is 19.9 Å². The fourth-order valence-corrected chi connectivity index (χ4v) is 7.27. The van der Waals surface area contributed by atoms with Crippen LogP contribution in [0.3, 0.4) is 0 Å². The van der Waals surface area contributed by atoms with Gasteiger partial charge in [-0.05, 0) is 59.7 Å². The standard InChI is InChI=1S/C44H20F24N4/c45-33(34(46)36(49,50)38(53,54)41(59,60)43(63,64)65)31-25-13-11-21(69-25)29(19-7-3-1-4-8-19)23-15-17-27(71-23)32(35(47,48)37(51,52)39(55,56)40(57,58)42(61,62)44(66,67)68)28-18-16-24(72-28)30(20-9-5-2-6-10-20)22-12-14-26(31)70-22/h1-18,69-70H/b29-21?,29-23?,30-22?,30-24?,31-25?,31-26?,32-27?,32-28?,34-33+. The summed E-state index contributed by atoms with van der Waals surface area (Å²) in [5.41, 5.74) is -14.2. The van der Waals surface area contributed by atoms with Gasteiger partial charge in [0.2, 0.25) is 5.83 Å². The Balaban J connectivity index is 1.67. The van der Waals surface area contributed by atoms with Crippen LogP contribution in [0.2, 0.25) is 0 Å². The minimum atomic E-state index is -8.32. The monoisotopic (exact) mass is 1060 g/mol. The number of aromatic amines is 2. The van der Waals surface area contributed by atoms with Gasteiger partial charge in [0.15, 0.2) is 5.83 Å². The molecule has 5 aromatic rings. The number of allylic oxidation sites excluding steroid dienone is 1. The lowest BCUT2D eigenvalue weighted by atomic mass is 9.89. The van der Waals surface area contributed by atoms with E-state index < -0.39 is 138 Å². The van der Waals surface area contributed by atoms with Gasteiger partial charge in [-0.3, -0.25) is 0 Å². The van der Waals surface area contributed by atoms with Crippen LogP contribution in [0.5, 0.6) is 0 Å². The number of hydrogen-bond acceptors (Lipinski definition) is 2. The molecule has 4 nitrogen and oxygen atoms in total. The third-order valence-corrected chi connectivity index (χ3v) is 11.0. The second kappa shape index (κ2) is 16.8. The molecule has 2 aliphatic rings. The Morgan fingerprint density at radius 3 is 1.07 bits per heavy atom. The summed E-state index contributed by atoms with van der Waals surface area (Å²) in [6.45, 7) is 0. The maximum absolute atomic E-state index is 16.6. The molecule has 8 bridgehead atoms. The molecule has 0 saturated heterocycles. The van der Waals surface area contributed by atoms with Crippen LogP contribution < -0.4 is 0 Å². The minimum absolute atomic E-state index is 0.210. The predicted octanol–water partition coefficient (Wildman–Crippen LogP) is 16.3. The van der Waals surface area contributed by atoms with Gasteiger partial charge in [-0.15, -0.1) is 0 Å². The highest BCUT2D eigenvalue weighted by Gasteiger charge is 2.91. The van der Waals surface area contributed by atoms with Crippen molar-refractivity contribution < 1.29 is 105 Å². The van der Waals surface area contributed by atoms with Crippen LogP contribution in [0.1, 0.15) is 33.9 Å². The number of aromatic nitrogens is 4. The molecule has 0 radical (unpaired) electrons. The second-order valence-electron chi connectivity index (χ2n) is 15.5. The maximum Gasteiger partial charge on any atom is 0.460 e. The highest BCUT2D eigenvalue weighted by Crippen LogP contribution is 2.63. The van der Waals surface area contributed by atoms with E-state index in [1.165, 1.54) is 36.4 Å². The molecule has 2 aromatic carbocycles. The molecule has 384 valence electrons. The lowest BCUT2D eigenvalue weighted by Gasteiger charge is -2.40. The number of rotatable bonds is 11. The van der Waals surface area contributed by atoms with Gasteiger partial charge in [-0.1, -0.05) is 60.7 Å². The summed E-state index contributed by atoms with van der Waals surface area (Å²) >= 11 is 0. The molecule has 72 heavy (non-hydrogen) atoms. The van der Waals surface area contributed by atoms with E-state index in [2.05, 4.69) is 19.9 Å². The zero-order chi connectivity index (χ0) is 53.8. The fourth-order valence-electron chi connectivity index (χ4n) is 7.27. The summed E-state index contributed by atoms with van der Waals surface area (Å²) < 4.78 is 349. The van der Waals surface area contributed by atoms with Crippen LogP contribution >= 0.6 is 0 Å². The summed E-state index contributed by atoms with van der Waals surface area (Å²) in [7, 11) is 0. The van der Waals surface area contributed by atoms with Gasteiger partial charge in [0, 0.05) is 22.2 Å². The van der Waals surface area contributed by atoms with Crippen LogP contribution in [0, 0.1) is 0 Å². The zero-order valence-electron chi connectivity index (χ0n) is 34.4. The molecular weight excluding hydrogens is 1040 g/mol. The largest absolute Gasteiger partial charge is 0.460 e. The quantitative estimate of drug-likeness (QED) is 0.127. The minimum Gasteiger partial charge on any atom is -0.354 e.